The van der Waals surface area contributed by atoms with Crippen LogP contribution in [0.25, 0.3) is 10.8 Å². The average Bonchev–Trinajstić information content (AvgIpc) is 2.75. The summed E-state index contributed by atoms with van der Waals surface area (Å²) >= 11 is 3.43. The molecule has 5 heteroatoms. The van der Waals surface area contributed by atoms with E-state index in [1.165, 1.54) is 0 Å². The highest BCUT2D eigenvalue weighted by Gasteiger charge is 2.13. The number of carbonyl (C=O) groups excluding carboxylic acids is 1. The van der Waals surface area contributed by atoms with Crippen LogP contribution in [0, 0.1) is 0 Å². The van der Waals surface area contributed by atoms with Gasteiger partial charge in [-0.05, 0) is 35.0 Å². The minimum absolute atomic E-state index is 0.0821. The summed E-state index contributed by atoms with van der Waals surface area (Å²) in [6, 6.07) is 28.1. The Morgan fingerprint density at radius 2 is 1.38 bits per heavy atom. The number of halogens is 1. The largest absolute Gasteiger partial charge is 0.507 e. The summed E-state index contributed by atoms with van der Waals surface area (Å²) in [6.07, 6.45) is 0. The van der Waals surface area contributed by atoms with Crippen molar-refractivity contribution >= 4 is 38.3 Å². The standard InChI is InChI=1S/C24H17BrN2O2/c25-20-12-10-17(11-13-20)23(16-6-2-1-3-7-16)26-27-24(29)21-14-18-8-4-5-9-19(18)15-22(21)28/h1-15,28H,(H,27,29)/b26-23-. The van der Waals surface area contributed by atoms with E-state index in [2.05, 4.69) is 26.5 Å². The fourth-order valence-corrected chi connectivity index (χ4v) is 3.34. The second-order valence-corrected chi connectivity index (χ2v) is 7.41. The minimum Gasteiger partial charge on any atom is -0.507 e. The van der Waals surface area contributed by atoms with Gasteiger partial charge >= 0.3 is 0 Å². The number of benzene rings is 4. The monoisotopic (exact) mass is 444 g/mol. The van der Waals surface area contributed by atoms with Crippen LogP contribution < -0.4 is 5.43 Å². The summed E-state index contributed by atoms with van der Waals surface area (Å²) in [5.41, 5.74) is 5.14. The lowest BCUT2D eigenvalue weighted by molar-refractivity contribution is 0.0952. The molecule has 0 atom stereocenters. The molecule has 0 fully saturated rings. The lowest BCUT2D eigenvalue weighted by atomic mass is 10.0. The third-order valence-corrected chi connectivity index (χ3v) is 5.07. The first-order chi connectivity index (χ1) is 14.1. The molecule has 0 radical (unpaired) electrons. The highest BCUT2D eigenvalue weighted by Crippen LogP contribution is 2.25. The summed E-state index contributed by atoms with van der Waals surface area (Å²) in [4.78, 5) is 12.7. The maximum Gasteiger partial charge on any atom is 0.275 e. The number of phenols is 1. The molecule has 0 unspecified atom stereocenters. The van der Waals surface area contributed by atoms with E-state index in [9.17, 15) is 9.90 Å². The van der Waals surface area contributed by atoms with Crippen molar-refractivity contribution < 1.29 is 9.90 Å². The second-order valence-electron chi connectivity index (χ2n) is 6.49. The van der Waals surface area contributed by atoms with Crippen molar-refractivity contribution in [2.75, 3.05) is 0 Å². The van der Waals surface area contributed by atoms with Crippen LogP contribution in [0.3, 0.4) is 0 Å². The molecule has 0 aliphatic carbocycles. The number of fused-ring (bicyclic) bond motifs is 1. The highest BCUT2D eigenvalue weighted by molar-refractivity contribution is 9.10. The molecule has 4 aromatic rings. The Balaban J connectivity index is 1.69. The summed E-state index contributed by atoms with van der Waals surface area (Å²) in [6.45, 7) is 0. The van der Waals surface area contributed by atoms with Crippen molar-refractivity contribution in [2.45, 2.75) is 0 Å². The normalized spacial score (nSPS) is 11.4. The molecular formula is C24H17BrN2O2. The highest BCUT2D eigenvalue weighted by atomic mass is 79.9. The third kappa shape index (κ3) is 4.20. The van der Waals surface area contributed by atoms with Gasteiger partial charge < -0.3 is 5.11 Å². The second kappa shape index (κ2) is 8.29. The van der Waals surface area contributed by atoms with E-state index in [4.69, 9.17) is 0 Å². The number of rotatable bonds is 4. The van der Waals surface area contributed by atoms with Gasteiger partial charge in [-0.15, -0.1) is 0 Å². The average molecular weight is 445 g/mol. The maximum absolute atomic E-state index is 12.7. The van der Waals surface area contributed by atoms with Crippen LogP contribution in [-0.2, 0) is 0 Å². The predicted molar refractivity (Wildman–Crippen MR) is 119 cm³/mol. The smallest absolute Gasteiger partial charge is 0.275 e. The van der Waals surface area contributed by atoms with Gasteiger partial charge in [-0.25, -0.2) is 5.43 Å². The van der Waals surface area contributed by atoms with E-state index in [0.717, 1.165) is 26.4 Å². The fraction of sp³-hybridized carbons (Fsp3) is 0. The molecule has 0 bridgehead atoms. The zero-order valence-electron chi connectivity index (χ0n) is 15.3. The summed E-state index contributed by atoms with van der Waals surface area (Å²) in [5.74, 6) is -0.555. The number of amides is 1. The van der Waals surface area contributed by atoms with Crippen LogP contribution >= 0.6 is 15.9 Å². The van der Waals surface area contributed by atoms with E-state index >= 15 is 0 Å². The van der Waals surface area contributed by atoms with Crippen molar-refractivity contribution in [3.63, 3.8) is 0 Å². The molecule has 2 N–H and O–H groups in total. The van der Waals surface area contributed by atoms with Crippen LogP contribution in [-0.4, -0.2) is 16.7 Å². The Hall–Kier alpha value is -3.44. The van der Waals surface area contributed by atoms with Crippen molar-refractivity contribution in [1.29, 1.82) is 0 Å². The van der Waals surface area contributed by atoms with Gasteiger partial charge in [0.1, 0.15) is 5.75 Å². The van der Waals surface area contributed by atoms with Gasteiger partial charge in [-0.1, -0.05) is 82.7 Å². The Labute approximate surface area is 176 Å². The number of hydrogen-bond acceptors (Lipinski definition) is 3. The zero-order valence-corrected chi connectivity index (χ0v) is 16.9. The summed E-state index contributed by atoms with van der Waals surface area (Å²) < 4.78 is 0.957. The molecular weight excluding hydrogens is 428 g/mol. The van der Waals surface area contributed by atoms with E-state index in [1.807, 2.05) is 78.9 Å². The third-order valence-electron chi connectivity index (χ3n) is 4.54. The molecule has 0 saturated carbocycles. The van der Waals surface area contributed by atoms with Crippen LogP contribution in [0.1, 0.15) is 21.5 Å². The quantitative estimate of drug-likeness (QED) is 0.322. The number of aromatic hydroxyl groups is 1. The van der Waals surface area contributed by atoms with E-state index in [1.54, 1.807) is 12.1 Å². The molecule has 142 valence electrons. The predicted octanol–water partition coefficient (Wildman–Crippen LogP) is 5.49. The fourth-order valence-electron chi connectivity index (χ4n) is 3.08. The minimum atomic E-state index is -0.473. The summed E-state index contributed by atoms with van der Waals surface area (Å²) in [5, 5.41) is 16.4. The van der Waals surface area contributed by atoms with Crippen molar-refractivity contribution in [3.05, 3.63) is 112 Å². The number of hydrazone groups is 1. The van der Waals surface area contributed by atoms with Gasteiger partial charge in [0, 0.05) is 15.6 Å². The zero-order chi connectivity index (χ0) is 20.2. The van der Waals surface area contributed by atoms with Crippen molar-refractivity contribution in [3.8, 4) is 5.75 Å². The van der Waals surface area contributed by atoms with Gasteiger partial charge in [0.05, 0.1) is 11.3 Å². The molecule has 0 aromatic heterocycles. The lowest BCUT2D eigenvalue weighted by Gasteiger charge is -2.09. The van der Waals surface area contributed by atoms with Crippen molar-refractivity contribution in [2.24, 2.45) is 5.10 Å². The first kappa shape index (κ1) is 18.9. The van der Waals surface area contributed by atoms with E-state index in [0.29, 0.717) is 5.71 Å². The molecule has 0 aliphatic heterocycles. The first-order valence-corrected chi connectivity index (χ1v) is 9.82. The number of hydrogen-bond donors (Lipinski definition) is 2. The number of nitrogens with one attached hydrogen (secondary N) is 1. The van der Waals surface area contributed by atoms with Crippen LogP contribution in [0.2, 0.25) is 0 Å². The molecule has 0 saturated heterocycles. The molecule has 1 amide bonds. The van der Waals surface area contributed by atoms with Gasteiger partial charge in [-0.2, -0.15) is 5.10 Å². The Morgan fingerprint density at radius 3 is 2.07 bits per heavy atom. The van der Waals surface area contributed by atoms with Gasteiger partial charge in [0.2, 0.25) is 0 Å². The van der Waals surface area contributed by atoms with Gasteiger partial charge in [-0.3, -0.25) is 4.79 Å². The first-order valence-electron chi connectivity index (χ1n) is 9.03. The molecule has 0 spiro atoms. The topological polar surface area (TPSA) is 61.7 Å². The number of carbonyl (C=O) groups is 1. The number of nitrogens with zero attached hydrogens (tertiary/aromatic N) is 1. The Morgan fingerprint density at radius 1 is 0.793 bits per heavy atom. The van der Waals surface area contributed by atoms with Crippen molar-refractivity contribution in [1.82, 2.24) is 5.43 Å². The van der Waals surface area contributed by atoms with Gasteiger partial charge in [0.15, 0.2) is 0 Å². The van der Waals surface area contributed by atoms with E-state index in [-0.39, 0.29) is 11.3 Å². The van der Waals surface area contributed by atoms with Crippen LogP contribution in [0.15, 0.2) is 101 Å². The molecule has 4 rings (SSSR count). The SMILES string of the molecule is O=C(N/N=C(/c1ccccc1)c1ccc(Br)cc1)c1cc2ccccc2cc1O. The van der Waals surface area contributed by atoms with Crippen LogP contribution in [0.5, 0.6) is 5.75 Å². The Bertz CT molecular complexity index is 1200. The molecule has 29 heavy (non-hydrogen) atoms. The molecule has 4 nitrogen and oxygen atoms in total. The Kier molecular flexibility index (Phi) is 5.40. The molecule has 0 heterocycles. The summed E-state index contributed by atoms with van der Waals surface area (Å²) in [7, 11) is 0. The van der Waals surface area contributed by atoms with Gasteiger partial charge in [0.25, 0.3) is 5.91 Å². The lowest BCUT2D eigenvalue weighted by Crippen LogP contribution is -2.20. The van der Waals surface area contributed by atoms with Crippen LogP contribution in [0.4, 0.5) is 0 Å². The number of phenolic OH excluding ortho intramolecular Hbond substituents is 1. The van der Waals surface area contributed by atoms with E-state index < -0.39 is 5.91 Å². The molecule has 4 aromatic carbocycles. The maximum atomic E-state index is 12.7. The molecule has 0 aliphatic rings.